The molecular formula is C14H21N3O2. The van der Waals surface area contributed by atoms with Crippen molar-refractivity contribution in [2.24, 2.45) is 11.7 Å². The second-order valence-electron chi connectivity index (χ2n) is 4.71. The average molecular weight is 263 g/mol. The molecule has 0 fully saturated rings. The molecule has 0 aliphatic carbocycles. The minimum atomic E-state index is -0.206. The van der Waals surface area contributed by atoms with E-state index in [1.54, 1.807) is 19.2 Å². The van der Waals surface area contributed by atoms with Crippen LogP contribution in [0.3, 0.4) is 0 Å². The van der Waals surface area contributed by atoms with Crippen molar-refractivity contribution in [3.05, 3.63) is 30.3 Å². The standard InChI is InChI=1S/C14H21N3O2/c1-11(9-15)8-14(19)17(2)10-13(18)16-12-6-4-3-5-7-12/h3-7,11H,8-10,15H2,1-2H3,(H,16,18). The Labute approximate surface area is 113 Å². The van der Waals surface area contributed by atoms with Crippen LogP contribution in [0.1, 0.15) is 13.3 Å². The molecule has 0 saturated heterocycles. The van der Waals surface area contributed by atoms with Crippen molar-refractivity contribution in [3.8, 4) is 0 Å². The van der Waals surface area contributed by atoms with Gasteiger partial charge in [-0.25, -0.2) is 0 Å². The smallest absolute Gasteiger partial charge is 0.243 e. The zero-order valence-electron chi connectivity index (χ0n) is 11.4. The summed E-state index contributed by atoms with van der Waals surface area (Å²) in [6.45, 7) is 2.43. The Morgan fingerprint density at radius 3 is 2.53 bits per heavy atom. The lowest BCUT2D eigenvalue weighted by Crippen LogP contribution is -2.36. The maximum Gasteiger partial charge on any atom is 0.243 e. The summed E-state index contributed by atoms with van der Waals surface area (Å²) >= 11 is 0. The molecular weight excluding hydrogens is 242 g/mol. The summed E-state index contributed by atoms with van der Waals surface area (Å²) < 4.78 is 0. The molecule has 0 aliphatic rings. The summed E-state index contributed by atoms with van der Waals surface area (Å²) in [5, 5.41) is 2.74. The number of rotatable bonds is 6. The highest BCUT2D eigenvalue weighted by Gasteiger charge is 2.15. The molecule has 0 radical (unpaired) electrons. The molecule has 0 heterocycles. The van der Waals surface area contributed by atoms with Gasteiger partial charge in [0.15, 0.2) is 0 Å². The van der Waals surface area contributed by atoms with Gasteiger partial charge in [-0.15, -0.1) is 0 Å². The SMILES string of the molecule is CC(CN)CC(=O)N(C)CC(=O)Nc1ccccc1. The van der Waals surface area contributed by atoms with Crippen LogP contribution in [0.25, 0.3) is 0 Å². The topological polar surface area (TPSA) is 75.4 Å². The van der Waals surface area contributed by atoms with Crippen molar-refractivity contribution in [2.75, 3.05) is 25.5 Å². The number of nitrogens with zero attached hydrogens (tertiary/aromatic N) is 1. The van der Waals surface area contributed by atoms with E-state index in [9.17, 15) is 9.59 Å². The molecule has 1 aromatic carbocycles. The molecule has 0 saturated carbocycles. The lowest BCUT2D eigenvalue weighted by molar-refractivity contribution is -0.134. The van der Waals surface area contributed by atoms with Crippen LogP contribution >= 0.6 is 0 Å². The molecule has 0 aliphatic heterocycles. The maximum absolute atomic E-state index is 11.8. The Balaban J connectivity index is 2.41. The van der Waals surface area contributed by atoms with E-state index in [0.29, 0.717) is 13.0 Å². The van der Waals surface area contributed by atoms with Gasteiger partial charge in [0.25, 0.3) is 0 Å². The lowest BCUT2D eigenvalue weighted by atomic mass is 10.1. The number of nitrogens with two attached hydrogens (primary N) is 1. The molecule has 3 N–H and O–H groups in total. The minimum absolute atomic E-state index is 0.0466. The van der Waals surface area contributed by atoms with Gasteiger partial charge in [0.1, 0.15) is 0 Å². The number of nitrogens with one attached hydrogen (secondary N) is 1. The van der Waals surface area contributed by atoms with Crippen molar-refractivity contribution >= 4 is 17.5 Å². The first-order chi connectivity index (χ1) is 9.02. The zero-order chi connectivity index (χ0) is 14.3. The highest BCUT2D eigenvalue weighted by molar-refractivity contribution is 5.94. The fourth-order valence-electron chi connectivity index (χ4n) is 1.56. The van der Waals surface area contributed by atoms with Crippen LogP contribution in [0.2, 0.25) is 0 Å². The molecule has 5 nitrogen and oxygen atoms in total. The van der Waals surface area contributed by atoms with Gasteiger partial charge in [-0.1, -0.05) is 25.1 Å². The highest BCUT2D eigenvalue weighted by Crippen LogP contribution is 2.06. The maximum atomic E-state index is 11.8. The van der Waals surface area contributed by atoms with Gasteiger partial charge in [-0.2, -0.15) is 0 Å². The molecule has 0 aromatic heterocycles. The fourth-order valence-corrected chi connectivity index (χ4v) is 1.56. The second-order valence-corrected chi connectivity index (χ2v) is 4.71. The van der Waals surface area contributed by atoms with Gasteiger partial charge < -0.3 is 16.0 Å². The van der Waals surface area contributed by atoms with Crippen molar-refractivity contribution in [2.45, 2.75) is 13.3 Å². The van der Waals surface area contributed by atoms with E-state index in [1.807, 2.05) is 25.1 Å². The van der Waals surface area contributed by atoms with Crippen LogP contribution < -0.4 is 11.1 Å². The Bertz CT molecular complexity index is 420. The van der Waals surface area contributed by atoms with Crippen molar-refractivity contribution in [1.29, 1.82) is 0 Å². The van der Waals surface area contributed by atoms with Gasteiger partial charge in [-0.3, -0.25) is 9.59 Å². The summed E-state index contributed by atoms with van der Waals surface area (Å²) in [6, 6.07) is 9.16. The second kappa shape index (κ2) is 7.53. The van der Waals surface area contributed by atoms with E-state index in [0.717, 1.165) is 5.69 Å². The molecule has 1 rings (SSSR count). The van der Waals surface area contributed by atoms with Gasteiger partial charge in [0, 0.05) is 19.2 Å². The predicted octanol–water partition coefficient (Wildman–Crippen LogP) is 1.07. The number of para-hydroxylation sites is 1. The third kappa shape index (κ3) is 5.52. The number of hydrogen-bond donors (Lipinski definition) is 2. The number of benzene rings is 1. The average Bonchev–Trinajstić information content (AvgIpc) is 2.39. The van der Waals surface area contributed by atoms with E-state index < -0.39 is 0 Å². The van der Waals surface area contributed by atoms with Gasteiger partial charge >= 0.3 is 0 Å². The first-order valence-corrected chi connectivity index (χ1v) is 6.32. The first-order valence-electron chi connectivity index (χ1n) is 6.32. The Kier molecular flexibility index (Phi) is 6.02. The van der Waals surface area contributed by atoms with Crippen LogP contribution in [-0.4, -0.2) is 36.9 Å². The number of likely N-dealkylation sites (N-methyl/N-ethyl adjacent to an activating group) is 1. The molecule has 2 amide bonds. The number of anilines is 1. The fraction of sp³-hybridized carbons (Fsp3) is 0.429. The van der Waals surface area contributed by atoms with Crippen molar-refractivity contribution in [1.82, 2.24) is 4.90 Å². The summed E-state index contributed by atoms with van der Waals surface area (Å²) in [6.07, 6.45) is 0.367. The number of hydrogen-bond acceptors (Lipinski definition) is 3. The van der Waals surface area contributed by atoms with Gasteiger partial charge in [0.2, 0.25) is 11.8 Å². The summed E-state index contributed by atoms with van der Waals surface area (Å²) in [5.74, 6) is -0.143. The monoisotopic (exact) mass is 263 g/mol. The zero-order valence-corrected chi connectivity index (χ0v) is 11.4. The third-order valence-corrected chi connectivity index (χ3v) is 2.79. The molecule has 104 valence electrons. The summed E-state index contributed by atoms with van der Waals surface area (Å²) in [7, 11) is 1.62. The molecule has 5 heteroatoms. The van der Waals surface area contributed by atoms with Crippen LogP contribution in [0.4, 0.5) is 5.69 Å². The van der Waals surface area contributed by atoms with E-state index >= 15 is 0 Å². The number of amides is 2. The quantitative estimate of drug-likeness (QED) is 0.806. The summed E-state index contributed by atoms with van der Waals surface area (Å²) in [4.78, 5) is 25.0. The van der Waals surface area contributed by atoms with E-state index in [2.05, 4.69) is 5.32 Å². The molecule has 0 spiro atoms. The minimum Gasteiger partial charge on any atom is -0.336 e. The highest BCUT2D eigenvalue weighted by atomic mass is 16.2. The molecule has 1 unspecified atom stereocenters. The Morgan fingerprint density at radius 2 is 1.95 bits per heavy atom. The van der Waals surface area contributed by atoms with E-state index in [1.165, 1.54) is 4.90 Å². The number of carbonyl (C=O) groups is 2. The lowest BCUT2D eigenvalue weighted by Gasteiger charge is -2.18. The van der Waals surface area contributed by atoms with Crippen LogP contribution in [-0.2, 0) is 9.59 Å². The van der Waals surface area contributed by atoms with Gasteiger partial charge in [-0.05, 0) is 24.6 Å². The Hall–Kier alpha value is -1.88. The third-order valence-electron chi connectivity index (χ3n) is 2.79. The van der Waals surface area contributed by atoms with E-state index in [-0.39, 0.29) is 24.3 Å². The van der Waals surface area contributed by atoms with Crippen LogP contribution in [0.5, 0.6) is 0 Å². The molecule has 0 bridgehead atoms. The normalized spacial score (nSPS) is 11.7. The van der Waals surface area contributed by atoms with Gasteiger partial charge in [0.05, 0.1) is 6.54 Å². The Morgan fingerprint density at radius 1 is 1.32 bits per heavy atom. The van der Waals surface area contributed by atoms with Crippen molar-refractivity contribution < 1.29 is 9.59 Å². The van der Waals surface area contributed by atoms with Crippen LogP contribution in [0.15, 0.2) is 30.3 Å². The summed E-state index contributed by atoms with van der Waals surface area (Å²) in [5.41, 5.74) is 6.20. The first kappa shape index (κ1) is 15.2. The predicted molar refractivity (Wildman–Crippen MR) is 75.5 cm³/mol. The number of carbonyl (C=O) groups excluding carboxylic acids is 2. The molecule has 1 atom stereocenters. The van der Waals surface area contributed by atoms with E-state index in [4.69, 9.17) is 5.73 Å². The largest absolute Gasteiger partial charge is 0.336 e. The molecule has 1 aromatic rings. The van der Waals surface area contributed by atoms with Crippen molar-refractivity contribution in [3.63, 3.8) is 0 Å². The van der Waals surface area contributed by atoms with Crippen LogP contribution in [0, 0.1) is 5.92 Å². The molecule has 19 heavy (non-hydrogen) atoms.